The highest BCUT2D eigenvalue weighted by Gasteiger charge is 2.30. The second-order valence-electron chi connectivity index (χ2n) is 5.32. The molecule has 0 bridgehead atoms. The van der Waals surface area contributed by atoms with Gasteiger partial charge in [-0.2, -0.15) is 18.3 Å². The molecule has 0 unspecified atom stereocenters. The number of nitrogens with one attached hydrogen (secondary N) is 2. The van der Waals surface area contributed by atoms with Crippen LogP contribution in [0.3, 0.4) is 0 Å². The maximum Gasteiger partial charge on any atom is 0.416 e. The van der Waals surface area contributed by atoms with Crippen molar-refractivity contribution in [2.75, 3.05) is 13.1 Å². The Morgan fingerprint density at radius 3 is 2.86 bits per heavy atom. The van der Waals surface area contributed by atoms with E-state index in [0.717, 1.165) is 43.0 Å². The summed E-state index contributed by atoms with van der Waals surface area (Å²) < 4.78 is 43.3. The lowest BCUT2D eigenvalue weighted by atomic mass is 10.1. The Labute approximate surface area is 125 Å². The Kier molecular flexibility index (Phi) is 4.06. The number of rotatable bonds is 4. The third-order valence-corrected chi connectivity index (χ3v) is 3.69. The van der Waals surface area contributed by atoms with Crippen molar-refractivity contribution in [2.45, 2.75) is 25.1 Å². The predicted molar refractivity (Wildman–Crippen MR) is 74.6 cm³/mol. The average molecular weight is 311 g/mol. The van der Waals surface area contributed by atoms with Crippen LogP contribution < -0.4 is 10.1 Å². The van der Waals surface area contributed by atoms with Crippen molar-refractivity contribution in [3.8, 4) is 5.75 Å². The molecule has 2 N–H and O–H groups in total. The summed E-state index contributed by atoms with van der Waals surface area (Å²) in [6.07, 6.45) is -3.32. The second kappa shape index (κ2) is 6.00. The minimum atomic E-state index is -4.37. The fraction of sp³-hybridized carbons (Fsp3) is 0.400. The summed E-state index contributed by atoms with van der Waals surface area (Å²) in [6.45, 7) is 2.04. The van der Waals surface area contributed by atoms with E-state index in [1.54, 1.807) is 0 Å². The molecular formula is C15H16F3N3O. The van der Waals surface area contributed by atoms with Crippen LogP contribution >= 0.6 is 0 Å². The SMILES string of the molecule is FC(F)(F)c1cccc(OCc2cc([C@@H]3CCNC3)n[nH]2)c1. The minimum Gasteiger partial charge on any atom is -0.487 e. The Balaban J connectivity index is 1.63. The Morgan fingerprint density at radius 2 is 2.14 bits per heavy atom. The van der Waals surface area contributed by atoms with E-state index >= 15 is 0 Å². The number of benzene rings is 1. The number of H-pyrrole nitrogens is 1. The van der Waals surface area contributed by atoms with Gasteiger partial charge in [0.15, 0.2) is 0 Å². The Morgan fingerprint density at radius 1 is 1.27 bits per heavy atom. The smallest absolute Gasteiger partial charge is 0.416 e. The van der Waals surface area contributed by atoms with Gasteiger partial charge in [0, 0.05) is 12.5 Å². The first kappa shape index (κ1) is 14.9. The van der Waals surface area contributed by atoms with Gasteiger partial charge in [0.1, 0.15) is 12.4 Å². The molecular weight excluding hydrogens is 295 g/mol. The maximum atomic E-state index is 12.6. The molecule has 0 aliphatic carbocycles. The van der Waals surface area contributed by atoms with E-state index in [2.05, 4.69) is 15.5 Å². The van der Waals surface area contributed by atoms with Crippen molar-refractivity contribution in [2.24, 2.45) is 0 Å². The van der Waals surface area contributed by atoms with Gasteiger partial charge in [0.25, 0.3) is 0 Å². The topological polar surface area (TPSA) is 49.9 Å². The highest BCUT2D eigenvalue weighted by molar-refractivity contribution is 5.30. The number of aromatic nitrogens is 2. The van der Waals surface area contributed by atoms with E-state index in [-0.39, 0.29) is 12.4 Å². The standard InChI is InChI=1S/C15H16F3N3O/c16-15(17,18)11-2-1-3-13(6-11)22-9-12-7-14(21-20-12)10-4-5-19-8-10/h1-3,6-7,10,19H,4-5,8-9H2,(H,20,21)/t10-/m1/s1. The van der Waals surface area contributed by atoms with Gasteiger partial charge in [-0.3, -0.25) is 5.10 Å². The zero-order valence-corrected chi connectivity index (χ0v) is 11.8. The van der Waals surface area contributed by atoms with Crippen molar-refractivity contribution >= 4 is 0 Å². The lowest BCUT2D eigenvalue weighted by Crippen LogP contribution is -2.08. The normalized spacial score (nSPS) is 18.6. The number of alkyl halides is 3. The summed E-state index contributed by atoms with van der Waals surface area (Å²) in [5, 5.41) is 10.4. The maximum absolute atomic E-state index is 12.6. The number of nitrogens with zero attached hydrogens (tertiary/aromatic N) is 1. The van der Waals surface area contributed by atoms with Crippen LogP contribution in [0, 0.1) is 0 Å². The van der Waals surface area contributed by atoms with E-state index in [9.17, 15) is 13.2 Å². The number of hydrogen-bond donors (Lipinski definition) is 2. The summed E-state index contributed by atoms with van der Waals surface area (Å²) in [5.41, 5.74) is 0.999. The van der Waals surface area contributed by atoms with Gasteiger partial charge in [0.2, 0.25) is 0 Å². The van der Waals surface area contributed by atoms with Gasteiger partial charge in [-0.05, 0) is 37.2 Å². The highest BCUT2D eigenvalue weighted by Crippen LogP contribution is 2.31. The molecule has 1 aliphatic heterocycles. The molecule has 22 heavy (non-hydrogen) atoms. The summed E-state index contributed by atoms with van der Waals surface area (Å²) in [7, 11) is 0. The van der Waals surface area contributed by atoms with Gasteiger partial charge in [-0.15, -0.1) is 0 Å². The molecule has 1 aromatic heterocycles. The average Bonchev–Trinajstić information content (AvgIpc) is 3.15. The van der Waals surface area contributed by atoms with E-state index in [1.165, 1.54) is 12.1 Å². The first-order valence-electron chi connectivity index (χ1n) is 7.07. The highest BCUT2D eigenvalue weighted by atomic mass is 19.4. The van der Waals surface area contributed by atoms with Crippen molar-refractivity contribution in [3.05, 3.63) is 47.3 Å². The molecule has 118 valence electrons. The molecule has 3 rings (SSSR count). The largest absolute Gasteiger partial charge is 0.487 e. The van der Waals surface area contributed by atoms with Crippen LogP contribution in [0.1, 0.15) is 29.3 Å². The van der Waals surface area contributed by atoms with Crippen molar-refractivity contribution in [1.29, 1.82) is 0 Å². The van der Waals surface area contributed by atoms with Crippen LogP contribution in [0.4, 0.5) is 13.2 Å². The molecule has 0 saturated carbocycles. The third kappa shape index (κ3) is 3.41. The zero-order valence-electron chi connectivity index (χ0n) is 11.8. The number of aromatic amines is 1. The molecule has 7 heteroatoms. The monoisotopic (exact) mass is 311 g/mol. The van der Waals surface area contributed by atoms with Gasteiger partial charge in [0.05, 0.1) is 17.0 Å². The Bertz CT molecular complexity index is 633. The van der Waals surface area contributed by atoms with Crippen molar-refractivity contribution in [3.63, 3.8) is 0 Å². The number of hydrogen-bond acceptors (Lipinski definition) is 3. The minimum absolute atomic E-state index is 0.161. The molecule has 1 fully saturated rings. The first-order valence-corrected chi connectivity index (χ1v) is 7.07. The molecule has 1 aliphatic rings. The third-order valence-electron chi connectivity index (χ3n) is 3.69. The zero-order chi connectivity index (χ0) is 15.6. The van der Waals surface area contributed by atoms with E-state index < -0.39 is 11.7 Å². The van der Waals surface area contributed by atoms with E-state index in [4.69, 9.17) is 4.74 Å². The van der Waals surface area contributed by atoms with Gasteiger partial charge in [-0.25, -0.2) is 0 Å². The molecule has 2 aromatic rings. The summed E-state index contributed by atoms with van der Waals surface area (Å²) in [5.74, 6) is 0.576. The summed E-state index contributed by atoms with van der Waals surface area (Å²) in [4.78, 5) is 0. The van der Waals surface area contributed by atoms with Crippen molar-refractivity contribution < 1.29 is 17.9 Å². The van der Waals surface area contributed by atoms with Crippen LogP contribution in [0.25, 0.3) is 0 Å². The molecule has 1 saturated heterocycles. The summed E-state index contributed by atoms with van der Waals surface area (Å²) in [6, 6.07) is 6.77. The van der Waals surface area contributed by atoms with E-state index in [0.29, 0.717) is 5.92 Å². The summed E-state index contributed by atoms with van der Waals surface area (Å²) >= 11 is 0. The molecule has 1 atom stereocenters. The quantitative estimate of drug-likeness (QED) is 0.912. The first-order chi connectivity index (χ1) is 10.5. The molecule has 2 heterocycles. The van der Waals surface area contributed by atoms with Crippen LogP contribution in [0.15, 0.2) is 30.3 Å². The van der Waals surface area contributed by atoms with Crippen LogP contribution in [0.2, 0.25) is 0 Å². The lowest BCUT2D eigenvalue weighted by Gasteiger charge is -2.09. The Hall–Kier alpha value is -2.02. The predicted octanol–water partition coefficient (Wildman–Crippen LogP) is 3.08. The lowest BCUT2D eigenvalue weighted by molar-refractivity contribution is -0.137. The fourth-order valence-electron chi connectivity index (χ4n) is 2.49. The number of halogens is 3. The van der Waals surface area contributed by atoms with Crippen LogP contribution in [0.5, 0.6) is 5.75 Å². The van der Waals surface area contributed by atoms with Crippen LogP contribution in [-0.4, -0.2) is 23.3 Å². The fourth-order valence-corrected chi connectivity index (χ4v) is 2.49. The molecule has 4 nitrogen and oxygen atoms in total. The van der Waals surface area contributed by atoms with Crippen molar-refractivity contribution in [1.82, 2.24) is 15.5 Å². The van der Waals surface area contributed by atoms with E-state index in [1.807, 2.05) is 6.07 Å². The second-order valence-corrected chi connectivity index (χ2v) is 5.32. The molecule has 0 spiro atoms. The van der Waals surface area contributed by atoms with Crippen LogP contribution in [-0.2, 0) is 12.8 Å². The molecule has 0 radical (unpaired) electrons. The number of ether oxygens (including phenoxy) is 1. The molecule has 1 aromatic carbocycles. The van der Waals surface area contributed by atoms with Gasteiger partial charge >= 0.3 is 6.18 Å². The molecule has 0 amide bonds. The van der Waals surface area contributed by atoms with Gasteiger partial charge < -0.3 is 10.1 Å². The van der Waals surface area contributed by atoms with Gasteiger partial charge in [-0.1, -0.05) is 6.07 Å².